The van der Waals surface area contributed by atoms with E-state index in [1.165, 1.54) is 15.3 Å². The number of thiophene rings is 1. The number of rotatable bonds is 5. The van der Waals surface area contributed by atoms with Gasteiger partial charge in [0.05, 0.1) is 11.6 Å². The van der Waals surface area contributed by atoms with Crippen molar-refractivity contribution in [1.29, 1.82) is 0 Å². The lowest BCUT2D eigenvalue weighted by Crippen LogP contribution is -2.07. The van der Waals surface area contributed by atoms with Crippen molar-refractivity contribution in [1.82, 2.24) is 0 Å². The number of nitrogens with two attached hydrogens (primary N) is 1. The topological polar surface area (TPSA) is 35.2 Å². The average molecular weight is 340 g/mol. The predicted molar refractivity (Wildman–Crippen MR) is 85.8 cm³/mol. The zero-order valence-electron chi connectivity index (χ0n) is 11.2. The summed E-state index contributed by atoms with van der Waals surface area (Å²) in [5.74, 6) is 0.852. The zero-order valence-corrected chi connectivity index (χ0v) is 13.6. The average Bonchev–Trinajstić information content (AvgIpc) is 2.89. The van der Waals surface area contributed by atoms with Gasteiger partial charge in [0.1, 0.15) is 5.75 Å². The van der Waals surface area contributed by atoms with E-state index in [0.29, 0.717) is 0 Å². The molecule has 0 saturated heterocycles. The zero-order chi connectivity index (χ0) is 13.8. The van der Waals surface area contributed by atoms with Crippen LogP contribution in [-0.2, 0) is 0 Å². The molecule has 2 N–H and O–H groups in total. The lowest BCUT2D eigenvalue weighted by atomic mass is 10.1. The minimum atomic E-state index is 0.154. The van der Waals surface area contributed by atoms with Gasteiger partial charge in [-0.3, -0.25) is 0 Å². The van der Waals surface area contributed by atoms with Gasteiger partial charge in [-0.2, -0.15) is 0 Å². The number of benzene rings is 1. The quantitative estimate of drug-likeness (QED) is 0.832. The van der Waals surface area contributed by atoms with Crippen LogP contribution in [0.5, 0.6) is 5.75 Å². The Kier molecular flexibility index (Phi) is 5.02. The van der Waals surface area contributed by atoms with Crippen molar-refractivity contribution in [2.24, 2.45) is 5.73 Å². The first-order valence-electron chi connectivity index (χ1n) is 6.35. The summed E-state index contributed by atoms with van der Waals surface area (Å²) in [7, 11) is 1.68. The highest BCUT2D eigenvalue weighted by Gasteiger charge is 2.10. The second kappa shape index (κ2) is 6.55. The third-order valence-electron chi connectivity index (χ3n) is 3.03. The molecule has 0 aliphatic heterocycles. The fraction of sp³-hybridized carbons (Fsp3) is 0.333. The van der Waals surface area contributed by atoms with E-state index in [-0.39, 0.29) is 6.04 Å². The summed E-state index contributed by atoms with van der Waals surface area (Å²) in [5, 5.41) is 0. The van der Waals surface area contributed by atoms with E-state index in [0.717, 1.165) is 23.1 Å². The van der Waals surface area contributed by atoms with Crippen molar-refractivity contribution < 1.29 is 4.74 Å². The number of halogens is 1. The molecule has 1 aromatic heterocycles. The number of hydrogen-bond donors (Lipinski definition) is 1. The smallest absolute Gasteiger partial charge is 0.133 e. The Labute approximate surface area is 126 Å². The Morgan fingerprint density at radius 2 is 2.11 bits per heavy atom. The van der Waals surface area contributed by atoms with Crippen LogP contribution < -0.4 is 10.5 Å². The summed E-state index contributed by atoms with van der Waals surface area (Å²) >= 11 is 5.23. The van der Waals surface area contributed by atoms with Crippen LogP contribution in [0.25, 0.3) is 10.4 Å². The van der Waals surface area contributed by atoms with Crippen LogP contribution in [0.3, 0.4) is 0 Å². The highest BCUT2D eigenvalue weighted by Crippen LogP contribution is 2.35. The molecule has 1 heterocycles. The number of ether oxygens (including phenoxy) is 1. The second-order valence-corrected chi connectivity index (χ2v) is 6.42. The number of hydrogen-bond acceptors (Lipinski definition) is 3. The first-order valence-corrected chi connectivity index (χ1v) is 7.96. The summed E-state index contributed by atoms with van der Waals surface area (Å²) in [4.78, 5) is 2.48. The fourth-order valence-corrected chi connectivity index (χ4v) is 3.42. The standard InChI is InChI=1S/C15H18BrNOS/c1-3-4-12(17)15-8-7-14(19-15)10-5-6-11(16)13(9-10)18-2/h5-9,12H,3-4,17H2,1-2H3. The summed E-state index contributed by atoms with van der Waals surface area (Å²) in [6, 6.07) is 10.6. The lowest BCUT2D eigenvalue weighted by molar-refractivity contribution is 0.412. The van der Waals surface area contributed by atoms with Gasteiger partial charge in [0.15, 0.2) is 0 Å². The van der Waals surface area contributed by atoms with Crippen LogP contribution in [0.4, 0.5) is 0 Å². The van der Waals surface area contributed by atoms with E-state index in [2.05, 4.69) is 41.1 Å². The van der Waals surface area contributed by atoms with Crippen LogP contribution >= 0.6 is 27.3 Å². The molecule has 4 heteroatoms. The van der Waals surface area contributed by atoms with E-state index >= 15 is 0 Å². The van der Waals surface area contributed by atoms with Crippen LogP contribution in [0, 0.1) is 0 Å². The Bertz CT molecular complexity index is 553. The van der Waals surface area contributed by atoms with E-state index in [1.54, 1.807) is 18.4 Å². The molecular formula is C15H18BrNOS. The predicted octanol–water partition coefficient (Wildman–Crippen LogP) is 4.99. The summed E-state index contributed by atoms with van der Waals surface area (Å²) in [6.45, 7) is 2.16. The Morgan fingerprint density at radius 3 is 2.79 bits per heavy atom. The summed E-state index contributed by atoms with van der Waals surface area (Å²) in [5.41, 5.74) is 7.32. The van der Waals surface area contributed by atoms with E-state index in [1.807, 2.05) is 12.1 Å². The van der Waals surface area contributed by atoms with Gasteiger partial charge >= 0.3 is 0 Å². The van der Waals surface area contributed by atoms with Gasteiger partial charge in [-0.25, -0.2) is 0 Å². The van der Waals surface area contributed by atoms with Gasteiger partial charge in [-0.1, -0.05) is 19.4 Å². The van der Waals surface area contributed by atoms with Gasteiger partial charge in [0, 0.05) is 15.8 Å². The van der Waals surface area contributed by atoms with Crippen molar-refractivity contribution >= 4 is 27.3 Å². The highest BCUT2D eigenvalue weighted by atomic mass is 79.9. The van der Waals surface area contributed by atoms with Gasteiger partial charge in [-0.15, -0.1) is 11.3 Å². The molecule has 0 aliphatic rings. The minimum Gasteiger partial charge on any atom is -0.496 e. The summed E-state index contributed by atoms with van der Waals surface area (Å²) < 4.78 is 6.30. The largest absolute Gasteiger partial charge is 0.496 e. The molecule has 19 heavy (non-hydrogen) atoms. The molecule has 0 amide bonds. The molecule has 2 aromatic rings. The molecule has 1 unspecified atom stereocenters. The first-order chi connectivity index (χ1) is 9.15. The van der Waals surface area contributed by atoms with E-state index in [9.17, 15) is 0 Å². The second-order valence-electron chi connectivity index (χ2n) is 4.45. The molecular weight excluding hydrogens is 322 g/mol. The molecule has 0 aliphatic carbocycles. The van der Waals surface area contributed by atoms with Crippen LogP contribution in [0.15, 0.2) is 34.8 Å². The SMILES string of the molecule is CCCC(N)c1ccc(-c2ccc(Br)c(OC)c2)s1. The van der Waals surface area contributed by atoms with Crippen LogP contribution in [0.1, 0.15) is 30.7 Å². The Hall–Kier alpha value is -0.840. The normalized spacial score (nSPS) is 12.4. The highest BCUT2D eigenvalue weighted by molar-refractivity contribution is 9.10. The maximum absolute atomic E-state index is 6.16. The molecule has 0 saturated carbocycles. The molecule has 0 radical (unpaired) electrons. The molecule has 2 nitrogen and oxygen atoms in total. The van der Waals surface area contributed by atoms with Gasteiger partial charge in [0.2, 0.25) is 0 Å². The molecule has 1 atom stereocenters. The van der Waals surface area contributed by atoms with Crippen LogP contribution in [0.2, 0.25) is 0 Å². The van der Waals surface area contributed by atoms with Gasteiger partial charge < -0.3 is 10.5 Å². The van der Waals surface area contributed by atoms with Gasteiger partial charge in [0.25, 0.3) is 0 Å². The monoisotopic (exact) mass is 339 g/mol. The molecule has 0 fully saturated rings. The lowest BCUT2D eigenvalue weighted by Gasteiger charge is -2.07. The third-order valence-corrected chi connectivity index (χ3v) is 4.95. The molecule has 0 spiro atoms. The minimum absolute atomic E-state index is 0.154. The van der Waals surface area contributed by atoms with Crippen molar-refractivity contribution in [3.8, 4) is 16.2 Å². The van der Waals surface area contributed by atoms with E-state index in [4.69, 9.17) is 10.5 Å². The fourth-order valence-electron chi connectivity index (χ4n) is 1.97. The molecule has 0 bridgehead atoms. The maximum Gasteiger partial charge on any atom is 0.133 e. The summed E-state index contributed by atoms with van der Waals surface area (Å²) in [6.07, 6.45) is 2.14. The Balaban J connectivity index is 2.27. The van der Waals surface area contributed by atoms with Crippen LogP contribution in [-0.4, -0.2) is 7.11 Å². The third kappa shape index (κ3) is 3.38. The van der Waals surface area contributed by atoms with Crippen molar-refractivity contribution in [2.45, 2.75) is 25.8 Å². The van der Waals surface area contributed by atoms with Gasteiger partial charge in [-0.05, 0) is 52.2 Å². The first kappa shape index (κ1) is 14.6. The van der Waals surface area contributed by atoms with E-state index < -0.39 is 0 Å². The molecule has 102 valence electrons. The molecule has 1 aromatic carbocycles. The van der Waals surface area contributed by atoms with Crippen molar-refractivity contribution in [2.75, 3.05) is 7.11 Å². The maximum atomic E-state index is 6.16. The molecule has 2 rings (SSSR count). The Morgan fingerprint density at radius 1 is 1.32 bits per heavy atom. The number of methoxy groups -OCH3 is 1. The van der Waals surface area contributed by atoms with Crippen molar-refractivity contribution in [3.63, 3.8) is 0 Å². The van der Waals surface area contributed by atoms with Crippen molar-refractivity contribution in [3.05, 3.63) is 39.7 Å².